The Balaban J connectivity index is 3.13. The second-order valence-electron chi connectivity index (χ2n) is 2.35. The summed E-state index contributed by atoms with van der Waals surface area (Å²) >= 11 is 6.08. The SMILES string of the molecule is O=c1c(Br)cc(Br)cn1CC(F)F. The van der Waals surface area contributed by atoms with Gasteiger partial charge in [0.1, 0.15) is 0 Å². The molecule has 0 atom stereocenters. The van der Waals surface area contributed by atoms with E-state index < -0.39 is 18.5 Å². The Morgan fingerprint density at radius 1 is 1.46 bits per heavy atom. The van der Waals surface area contributed by atoms with Crippen molar-refractivity contribution in [3.8, 4) is 0 Å². The van der Waals surface area contributed by atoms with E-state index in [0.717, 1.165) is 4.57 Å². The zero-order chi connectivity index (χ0) is 10.0. The van der Waals surface area contributed by atoms with Crippen LogP contribution in [0.1, 0.15) is 0 Å². The average Bonchev–Trinajstić information content (AvgIpc) is 1.98. The Hall–Kier alpha value is -0.230. The first-order valence-corrected chi connectivity index (χ1v) is 4.93. The topological polar surface area (TPSA) is 22.0 Å². The molecule has 6 heteroatoms. The van der Waals surface area contributed by atoms with Gasteiger partial charge in [0, 0.05) is 10.7 Å². The first kappa shape index (κ1) is 10.8. The quantitative estimate of drug-likeness (QED) is 0.822. The lowest BCUT2D eigenvalue weighted by molar-refractivity contribution is 0.125. The smallest absolute Gasteiger partial charge is 0.265 e. The summed E-state index contributed by atoms with van der Waals surface area (Å²) in [6, 6.07) is 1.52. The molecule has 0 saturated carbocycles. The highest BCUT2D eigenvalue weighted by Crippen LogP contribution is 2.13. The van der Waals surface area contributed by atoms with Crippen LogP contribution >= 0.6 is 31.9 Å². The fourth-order valence-corrected chi connectivity index (χ4v) is 2.11. The van der Waals surface area contributed by atoms with Gasteiger partial charge in [-0.15, -0.1) is 0 Å². The van der Waals surface area contributed by atoms with Gasteiger partial charge in [-0.2, -0.15) is 0 Å². The molecule has 0 aromatic carbocycles. The molecule has 0 aliphatic rings. The third-order valence-corrected chi connectivity index (χ3v) is 2.35. The third kappa shape index (κ3) is 2.87. The van der Waals surface area contributed by atoms with Gasteiger partial charge in [-0.05, 0) is 37.9 Å². The van der Waals surface area contributed by atoms with Gasteiger partial charge in [-0.25, -0.2) is 8.78 Å². The molecule has 0 amide bonds. The minimum Gasteiger partial charge on any atom is -0.308 e. The number of nitrogens with zero attached hydrogens (tertiary/aromatic N) is 1. The summed E-state index contributed by atoms with van der Waals surface area (Å²) in [4.78, 5) is 11.2. The van der Waals surface area contributed by atoms with Crippen LogP contribution < -0.4 is 5.56 Å². The molecule has 0 radical (unpaired) electrons. The molecule has 2 nitrogen and oxygen atoms in total. The zero-order valence-corrected chi connectivity index (χ0v) is 9.48. The molecule has 0 aliphatic heterocycles. The molecule has 1 heterocycles. The maximum absolute atomic E-state index is 12.0. The predicted octanol–water partition coefficient (Wildman–Crippen LogP) is 2.64. The Bertz CT molecular complexity index is 364. The molecule has 1 rings (SSSR count). The van der Waals surface area contributed by atoms with Crippen LogP contribution in [0, 0.1) is 0 Å². The van der Waals surface area contributed by atoms with Crippen LogP contribution in [0.2, 0.25) is 0 Å². The molecule has 0 fully saturated rings. The van der Waals surface area contributed by atoms with Crippen LogP contribution in [0.3, 0.4) is 0 Å². The van der Waals surface area contributed by atoms with E-state index in [-0.39, 0.29) is 4.47 Å². The second kappa shape index (κ2) is 4.32. The zero-order valence-electron chi connectivity index (χ0n) is 6.31. The fourth-order valence-electron chi connectivity index (χ4n) is 0.849. The van der Waals surface area contributed by atoms with E-state index in [1.165, 1.54) is 12.3 Å². The molecular formula is C7H5Br2F2NO. The summed E-state index contributed by atoms with van der Waals surface area (Å²) in [6.07, 6.45) is -1.20. The fraction of sp³-hybridized carbons (Fsp3) is 0.286. The van der Waals surface area contributed by atoms with E-state index in [0.29, 0.717) is 4.47 Å². The van der Waals surface area contributed by atoms with E-state index in [1.807, 2.05) is 0 Å². The maximum atomic E-state index is 12.0. The molecule has 1 aromatic heterocycles. The number of rotatable bonds is 2. The normalized spacial score (nSPS) is 10.8. The van der Waals surface area contributed by atoms with Gasteiger partial charge in [0.15, 0.2) is 0 Å². The number of hydrogen-bond donors (Lipinski definition) is 0. The Morgan fingerprint density at radius 2 is 2.08 bits per heavy atom. The minimum absolute atomic E-state index is 0.266. The lowest BCUT2D eigenvalue weighted by atomic mass is 10.4. The predicted molar refractivity (Wildman–Crippen MR) is 52.1 cm³/mol. The van der Waals surface area contributed by atoms with Gasteiger partial charge in [-0.1, -0.05) is 0 Å². The number of pyridine rings is 1. The summed E-state index contributed by atoms with van der Waals surface area (Å²) in [5.41, 5.74) is -0.455. The summed E-state index contributed by atoms with van der Waals surface area (Å²) in [5.74, 6) is 0. The van der Waals surface area contributed by atoms with Crippen molar-refractivity contribution in [2.24, 2.45) is 0 Å². The van der Waals surface area contributed by atoms with Gasteiger partial charge in [0.25, 0.3) is 12.0 Å². The summed E-state index contributed by atoms with van der Waals surface area (Å²) in [6.45, 7) is -0.586. The van der Waals surface area contributed by atoms with Crippen LogP contribution in [0.15, 0.2) is 26.0 Å². The van der Waals surface area contributed by atoms with Crippen LogP contribution in [0.25, 0.3) is 0 Å². The molecule has 0 N–H and O–H groups in total. The molecular weight excluding hydrogens is 312 g/mol. The van der Waals surface area contributed by atoms with Gasteiger partial charge < -0.3 is 4.57 Å². The summed E-state index contributed by atoms with van der Waals surface area (Å²) in [7, 11) is 0. The van der Waals surface area contributed by atoms with Gasteiger partial charge in [-0.3, -0.25) is 4.79 Å². The maximum Gasteiger partial charge on any atom is 0.265 e. The molecule has 72 valence electrons. The Kier molecular flexibility index (Phi) is 3.61. The van der Waals surface area contributed by atoms with Crippen molar-refractivity contribution in [1.82, 2.24) is 4.57 Å². The first-order chi connectivity index (χ1) is 6.00. The van der Waals surface area contributed by atoms with Crippen LogP contribution in [0.5, 0.6) is 0 Å². The number of hydrogen-bond acceptors (Lipinski definition) is 1. The van der Waals surface area contributed by atoms with E-state index >= 15 is 0 Å². The van der Waals surface area contributed by atoms with Crippen LogP contribution in [0.4, 0.5) is 8.78 Å². The highest BCUT2D eigenvalue weighted by molar-refractivity contribution is 9.11. The molecule has 0 spiro atoms. The van der Waals surface area contributed by atoms with Crippen molar-refractivity contribution in [3.63, 3.8) is 0 Å². The van der Waals surface area contributed by atoms with E-state index in [9.17, 15) is 13.6 Å². The van der Waals surface area contributed by atoms with Crippen molar-refractivity contribution >= 4 is 31.9 Å². The van der Waals surface area contributed by atoms with E-state index in [4.69, 9.17) is 0 Å². The van der Waals surface area contributed by atoms with Gasteiger partial charge in [0.05, 0.1) is 11.0 Å². The summed E-state index contributed by atoms with van der Waals surface area (Å²) in [5, 5.41) is 0. The lowest BCUT2D eigenvalue weighted by Crippen LogP contribution is -2.23. The standard InChI is InChI=1S/C7H5Br2F2NO/c8-4-1-5(9)7(13)12(2-4)3-6(10)11/h1-2,6H,3H2. The van der Waals surface area contributed by atoms with E-state index in [2.05, 4.69) is 31.9 Å². The van der Waals surface area contributed by atoms with Crippen molar-refractivity contribution in [3.05, 3.63) is 31.6 Å². The third-order valence-electron chi connectivity index (χ3n) is 1.34. The molecule has 0 saturated heterocycles. The largest absolute Gasteiger partial charge is 0.308 e. The lowest BCUT2D eigenvalue weighted by Gasteiger charge is -2.05. The first-order valence-electron chi connectivity index (χ1n) is 3.34. The molecule has 0 aliphatic carbocycles. The molecule has 13 heavy (non-hydrogen) atoms. The number of aromatic nitrogens is 1. The van der Waals surface area contributed by atoms with Crippen molar-refractivity contribution in [1.29, 1.82) is 0 Å². The Labute approximate surface area is 89.8 Å². The molecule has 0 bridgehead atoms. The molecule has 1 aromatic rings. The monoisotopic (exact) mass is 315 g/mol. The summed E-state index contributed by atoms with van der Waals surface area (Å²) < 4.78 is 25.8. The highest BCUT2D eigenvalue weighted by atomic mass is 79.9. The number of halogens is 4. The van der Waals surface area contributed by atoms with Crippen molar-refractivity contribution < 1.29 is 8.78 Å². The van der Waals surface area contributed by atoms with Crippen LogP contribution in [-0.4, -0.2) is 11.0 Å². The van der Waals surface area contributed by atoms with Crippen molar-refractivity contribution in [2.45, 2.75) is 13.0 Å². The highest BCUT2D eigenvalue weighted by Gasteiger charge is 2.08. The minimum atomic E-state index is -2.53. The van der Waals surface area contributed by atoms with Crippen LogP contribution in [-0.2, 0) is 6.54 Å². The Morgan fingerprint density at radius 3 is 2.62 bits per heavy atom. The van der Waals surface area contributed by atoms with Gasteiger partial charge >= 0.3 is 0 Å². The van der Waals surface area contributed by atoms with E-state index in [1.54, 1.807) is 0 Å². The van der Waals surface area contributed by atoms with Gasteiger partial charge in [0.2, 0.25) is 0 Å². The average molecular weight is 317 g/mol. The second-order valence-corrected chi connectivity index (χ2v) is 4.12. The number of alkyl halides is 2. The molecule has 0 unspecified atom stereocenters. The van der Waals surface area contributed by atoms with Crippen molar-refractivity contribution in [2.75, 3.05) is 0 Å².